The lowest BCUT2D eigenvalue weighted by atomic mass is 9.94. The molecule has 1 aromatic rings. The van der Waals surface area contributed by atoms with E-state index >= 15 is 0 Å². The molecule has 0 amide bonds. The van der Waals surface area contributed by atoms with Crippen LogP contribution in [0.1, 0.15) is 35.2 Å². The molecule has 1 rings (SSSR count). The summed E-state index contributed by atoms with van der Waals surface area (Å²) in [5.74, 6) is -0.234. The van der Waals surface area contributed by atoms with Crippen LogP contribution in [0.25, 0.3) is 0 Å². The summed E-state index contributed by atoms with van der Waals surface area (Å²) in [6.45, 7) is 8.83. The van der Waals surface area contributed by atoms with Gasteiger partial charge in [-0.2, -0.15) is 0 Å². The number of likely N-dealkylation sites (N-methyl/N-ethyl adjacent to an activating group) is 1. The van der Waals surface area contributed by atoms with Gasteiger partial charge in [0.2, 0.25) is 0 Å². The van der Waals surface area contributed by atoms with E-state index in [1.165, 1.54) is 12.7 Å². The highest BCUT2D eigenvalue weighted by Gasteiger charge is 2.23. The summed E-state index contributed by atoms with van der Waals surface area (Å²) in [7, 11) is 1.42. The summed E-state index contributed by atoms with van der Waals surface area (Å²) in [6, 6.07) is 3.82. The number of rotatable bonds is 4. The highest BCUT2D eigenvalue weighted by Crippen LogP contribution is 2.24. The molecule has 1 aromatic carbocycles. The number of aryl methyl sites for hydroxylation is 3. The number of methoxy groups -OCH3 is 1. The molecule has 1 atom stereocenters. The second-order valence-corrected chi connectivity index (χ2v) is 4.33. The van der Waals surface area contributed by atoms with E-state index in [-0.39, 0.29) is 12.0 Å². The topological polar surface area (TPSA) is 38.3 Å². The Morgan fingerprint density at radius 1 is 1.29 bits per heavy atom. The van der Waals surface area contributed by atoms with Gasteiger partial charge in [0.05, 0.1) is 7.11 Å². The van der Waals surface area contributed by atoms with Crippen LogP contribution in [0.15, 0.2) is 12.1 Å². The summed E-state index contributed by atoms with van der Waals surface area (Å²) >= 11 is 0. The first-order valence-corrected chi connectivity index (χ1v) is 5.90. The lowest BCUT2D eigenvalue weighted by Gasteiger charge is -2.20. The average Bonchev–Trinajstić information content (AvgIpc) is 2.25. The first kappa shape index (κ1) is 13.7. The number of ether oxygens (including phenoxy) is 1. The molecule has 0 saturated carbocycles. The quantitative estimate of drug-likeness (QED) is 0.815. The normalized spacial score (nSPS) is 12.3. The SMILES string of the molecule is CCNC(C(=O)OC)c1c(C)cc(C)cc1C. The Morgan fingerprint density at radius 2 is 1.82 bits per heavy atom. The zero-order valence-electron chi connectivity index (χ0n) is 11.3. The van der Waals surface area contributed by atoms with Gasteiger partial charge in [0.25, 0.3) is 0 Å². The zero-order chi connectivity index (χ0) is 13.0. The standard InChI is InChI=1S/C14H21NO2/c1-6-15-13(14(16)17-5)12-10(3)7-9(2)8-11(12)4/h7-8,13,15H,6H2,1-5H3. The highest BCUT2D eigenvalue weighted by atomic mass is 16.5. The summed E-state index contributed by atoms with van der Waals surface area (Å²) in [5, 5.41) is 3.18. The zero-order valence-corrected chi connectivity index (χ0v) is 11.3. The van der Waals surface area contributed by atoms with Crippen LogP contribution in [0.2, 0.25) is 0 Å². The molecule has 17 heavy (non-hydrogen) atoms. The molecule has 94 valence electrons. The molecular weight excluding hydrogens is 214 g/mol. The van der Waals surface area contributed by atoms with Crippen molar-refractivity contribution < 1.29 is 9.53 Å². The summed E-state index contributed by atoms with van der Waals surface area (Å²) in [6.07, 6.45) is 0. The van der Waals surface area contributed by atoms with Gasteiger partial charge in [-0.25, -0.2) is 4.79 Å². The van der Waals surface area contributed by atoms with Gasteiger partial charge in [0.1, 0.15) is 6.04 Å². The van der Waals surface area contributed by atoms with Gasteiger partial charge in [-0.05, 0) is 44.0 Å². The van der Waals surface area contributed by atoms with E-state index in [1.54, 1.807) is 0 Å². The smallest absolute Gasteiger partial charge is 0.327 e. The Balaban J connectivity index is 3.22. The Bertz CT molecular complexity index is 390. The predicted molar refractivity (Wildman–Crippen MR) is 69.1 cm³/mol. The van der Waals surface area contributed by atoms with Gasteiger partial charge >= 0.3 is 5.97 Å². The average molecular weight is 235 g/mol. The number of benzene rings is 1. The maximum atomic E-state index is 11.8. The van der Waals surface area contributed by atoms with E-state index in [9.17, 15) is 4.79 Å². The highest BCUT2D eigenvalue weighted by molar-refractivity contribution is 5.78. The molecule has 0 saturated heterocycles. The Hall–Kier alpha value is -1.35. The number of carbonyl (C=O) groups is 1. The number of hydrogen-bond donors (Lipinski definition) is 1. The van der Waals surface area contributed by atoms with Gasteiger partial charge in [0, 0.05) is 0 Å². The molecule has 1 N–H and O–H groups in total. The minimum absolute atomic E-state index is 0.234. The van der Waals surface area contributed by atoms with E-state index in [0.717, 1.165) is 23.2 Å². The van der Waals surface area contributed by atoms with Crippen LogP contribution < -0.4 is 5.32 Å². The van der Waals surface area contributed by atoms with Gasteiger partial charge < -0.3 is 10.1 Å². The Morgan fingerprint density at radius 3 is 2.24 bits per heavy atom. The summed E-state index contributed by atoms with van der Waals surface area (Å²) in [5.41, 5.74) is 4.49. The minimum atomic E-state index is -0.370. The predicted octanol–water partition coefficient (Wildman–Crippen LogP) is 2.44. The molecule has 1 unspecified atom stereocenters. The first-order valence-electron chi connectivity index (χ1n) is 5.90. The van der Waals surface area contributed by atoms with Gasteiger partial charge in [-0.15, -0.1) is 0 Å². The van der Waals surface area contributed by atoms with Crippen molar-refractivity contribution in [1.29, 1.82) is 0 Å². The summed E-state index contributed by atoms with van der Waals surface area (Å²) in [4.78, 5) is 11.8. The van der Waals surface area contributed by atoms with Crippen molar-refractivity contribution in [3.63, 3.8) is 0 Å². The van der Waals surface area contributed by atoms with Crippen LogP contribution in [-0.4, -0.2) is 19.6 Å². The molecule has 0 aliphatic heterocycles. The molecule has 0 aliphatic carbocycles. The van der Waals surface area contributed by atoms with Crippen LogP contribution in [0.4, 0.5) is 0 Å². The van der Waals surface area contributed by atoms with Crippen molar-refractivity contribution in [2.45, 2.75) is 33.7 Å². The van der Waals surface area contributed by atoms with Crippen LogP contribution >= 0.6 is 0 Å². The lowest BCUT2D eigenvalue weighted by molar-refractivity contribution is -0.143. The van der Waals surface area contributed by atoms with Crippen molar-refractivity contribution >= 4 is 5.97 Å². The minimum Gasteiger partial charge on any atom is -0.468 e. The number of hydrogen-bond acceptors (Lipinski definition) is 3. The van der Waals surface area contributed by atoms with E-state index < -0.39 is 0 Å². The van der Waals surface area contributed by atoms with Crippen molar-refractivity contribution in [3.8, 4) is 0 Å². The molecule has 0 heterocycles. The van der Waals surface area contributed by atoms with Crippen LogP contribution in [0.3, 0.4) is 0 Å². The lowest BCUT2D eigenvalue weighted by Crippen LogP contribution is -2.30. The van der Waals surface area contributed by atoms with Gasteiger partial charge in [-0.1, -0.05) is 24.6 Å². The molecule has 0 aliphatic rings. The molecule has 0 radical (unpaired) electrons. The fraction of sp³-hybridized carbons (Fsp3) is 0.500. The molecule has 3 heteroatoms. The van der Waals surface area contributed by atoms with Crippen LogP contribution in [-0.2, 0) is 9.53 Å². The van der Waals surface area contributed by atoms with Gasteiger partial charge in [0.15, 0.2) is 0 Å². The molecule has 0 aromatic heterocycles. The van der Waals surface area contributed by atoms with E-state index in [4.69, 9.17) is 4.74 Å². The number of esters is 1. The van der Waals surface area contributed by atoms with Crippen molar-refractivity contribution in [3.05, 3.63) is 34.4 Å². The fourth-order valence-corrected chi connectivity index (χ4v) is 2.27. The largest absolute Gasteiger partial charge is 0.468 e. The second kappa shape index (κ2) is 5.82. The third-order valence-electron chi connectivity index (χ3n) is 2.87. The molecular formula is C14H21NO2. The molecule has 3 nitrogen and oxygen atoms in total. The van der Waals surface area contributed by atoms with E-state index in [2.05, 4.69) is 24.4 Å². The fourth-order valence-electron chi connectivity index (χ4n) is 2.27. The second-order valence-electron chi connectivity index (χ2n) is 4.33. The van der Waals surface area contributed by atoms with E-state index in [0.29, 0.717) is 0 Å². The van der Waals surface area contributed by atoms with Crippen LogP contribution in [0, 0.1) is 20.8 Å². The first-order chi connectivity index (χ1) is 8.01. The van der Waals surface area contributed by atoms with Crippen molar-refractivity contribution in [2.75, 3.05) is 13.7 Å². The monoisotopic (exact) mass is 235 g/mol. The third kappa shape index (κ3) is 3.07. The number of carbonyl (C=O) groups excluding carboxylic acids is 1. The van der Waals surface area contributed by atoms with Crippen LogP contribution in [0.5, 0.6) is 0 Å². The maximum absolute atomic E-state index is 11.8. The Labute approximate surface area is 103 Å². The third-order valence-corrected chi connectivity index (χ3v) is 2.87. The Kier molecular flexibility index (Phi) is 4.70. The molecule has 0 bridgehead atoms. The number of nitrogens with one attached hydrogen (secondary N) is 1. The van der Waals surface area contributed by atoms with Crippen molar-refractivity contribution in [1.82, 2.24) is 5.32 Å². The maximum Gasteiger partial charge on any atom is 0.327 e. The molecule has 0 fully saturated rings. The van der Waals surface area contributed by atoms with E-state index in [1.807, 2.05) is 20.8 Å². The van der Waals surface area contributed by atoms with Crippen molar-refractivity contribution in [2.24, 2.45) is 0 Å². The summed E-state index contributed by atoms with van der Waals surface area (Å²) < 4.78 is 4.86. The molecule has 0 spiro atoms. The van der Waals surface area contributed by atoms with Gasteiger partial charge in [-0.3, -0.25) is 0 Å².